The monoisotopic (exact) mass is 624 g/mol. The molecule has 222 valence electrons. The highest BCUT2D eigenvalue weighted by Crippen LogP contribution is 2.50. The number of ketones is 1. The SMILES string of the molecule is CCN(c1ccc(N=C(C(=O)Nc2cc(C(=O)OC)c(Cl)cc2Cl)C(=O)C2(CC)CC2)c(C)c1)C(CN)S(C)(=O)=O. The van der Waals surface area contributed by atoms with E-state index in [9.17, 15) is 22.8 Å². The number of sulfone groups is 1. The fourth-order valence-corrected chi connectivity index (χ4v) is 6.18. The number of ether oxygens (including phenoxy) is 1. The minimum atomic E-state index is -3.47. The van der Waals surface area contributed by atoms with Crippen molar-refractivity contribution >= 4 is 73.5 Å². The summed E-state index contributed by atoms with van der Waals surface area (Å²) in [5.74, 6) is -1.91. The molecule has 1 atom stereocenters. The molecule has 3 rings (SSSR count). The second-order valence-electron chi connectivity index (χ2n) is 9.96. The predicted octanol–water partition coefficient (Wildman–Crippen LogP) is 4.71. The third kappa shape index (κ3) is 7.09. The van der Waals surface area contributed by atoms with Crippen molar-refractivity contribution < 1.29 is 27.5 Å². The number of nitrogens with zero attached hydrogens (tertiary/aromatic N) is 2. The number of Topliss-reactive ketones (excluding diaryl/α,β-unsaturated/α-hetero) is 1. The molecule has 0 bridgehead atoms. The van der Waals surface area contributed by atoms with Gasteiger partial charge in [-0.1, -0.05) is 30.1 Å². The maximum Gasteiger partial charge on any atom is 0.339 e. The molecular formula is C28H34Cl2N4O6S. The molecule has 1 unspecified atom stereocenters. The Bertz CT molecular complexity index is 1510. The number of methoxy groups -OCH3 is 1. The van der Waals surface area contributed by atoms with Crippen LogP contribution in [0.15, 0.2) is 35.3 Å². The Morgan fingerprint density at radius 3 is 2.29 bits per heavy atom. The zero-order valence-corrected chi connectivity index (χ0v) is 25.9. The largest absolute Gasteiger partial charge is 0.465 e. The van der Waals surface area contributed by atoms with Gasteiger partial charge in [-0.3, -0.25) is 9.59 Å². The van der Waals surface area contributed by atoms with Gasteiger partial charge >= 0.3 is 5.97 Å². The number of benzene rings is 2. The first-order valence-corrected chi connectivity index (χ1v) is 15.7. The molecule has 3 N–H and O–H groups in total. The lowest BCUT2D eigenvalue weighted by Crippen LogP contribution is -2.45. The van der Waals surface area contributed by atoms with Crippen molar-refractivity contribution in [1.29, 1.82) is 0 Å². The van der Waals surface area contributed by atoms with Gasteiger partial charge in [-0.2, -0.15) is 0 Å². The predicted molar refractivity (Wildman–Crippen MR) is 162 cm³/mol. The first-order chi connectivity index (χ1) is 19.2. The quantitative estimate of drug-likeness (QED) is 0.196. The Balaban J connectivity index is 2.05. The molecule has 13 heteroatoms. The van der Waals surface area contributed by atoms with Gasteiger partial charge in [0.2, 0.25) is 0 Å². The van der Waals surface area contributed by atoms with Crippen LogP contribution in [-0.4, -0.2) is 63.6 Å². The Morgan fingerprint density at radius 1 is 1.15 bits per heavy atom. The van der Waals surface area contributed by atoms with E-state index in [0.29, 0.717) is 42.7 Å². The van der Waals surface area contributed by atoms with Crippen molar-refractivity contribution in [2.75, 3.05) is 36.7 Å². The van der Waals surface area contributed by atoms with Crippen LogP contribution in [0.1, 0.15) is 49.0 Å². The maximum atomic E-state index is 13.6. The normalized spacial score (nSPS) is 15.2. The second-order valence-corrected chi connectivity index (χ2v) is 13.0. The molecule has 0 heterocycles. The molecule has 0 aromatic heterocycles. The molecule has 2 aromatic rings. The summed E-state index contributed by atoms with van der Waals surface area (Å²) < 4.78 is 29.4. The van der Waals surface area contributed by atoms with Gasteiger partial charge in [0.1, 0.15) is 5.37 Å². The zero-order chi connectivity index (χ0) is 30.7. The Kier molecular flexibility index (Phi) is 10.2. The highest BCUT2D eigenvalue weighted by molar-refractivity contribution is 7.91. The molecule has 41 heavy (non-hydrogen) atoms. The summed E-state index contributed by atoms with van der Waals surface area (Å²) >= 11 is 12.4. The van der Waals surface area contributed by atoms with E-state index >= 15 is 0 Å². The number of likely N-dealkylation sites (N-methyl/N-ethyl adjacent to an activating group) is 1. The Labute approximate surface area is 250 Å². The van der Waals surface area contributed by atoms with E-state index in [1.807, 2.05) is 13.8 Å². The molecule has 10 nitrogen and oxygen atoms in total. The number of amides is 1. The molecule has 1 fully saturated rings. The number of hydrogen-bond acceptors (Lipinski definition) is 9. The van der Waals surface area contributed by atoms with Crippen LogP contribution >= 0.6 is 23.2 Å². The van der Waals surface area contributed by atoms with Gasteiger partial charge in [0, 0.05) is 30.4 Å². The van der Waals surface area contributed by atoms with Crippen LogP contribution in [0.4, 0.5) is 17.1 Å². The Morgan fingerprint density at radius 2 is 1.80 bits per heavy atom. The van der Waals surface area contributed by atoms with Gasteiger partial charge in [0.05, 0.1) is 34.1 Å². The molecule has 0 aliphatic heterocycles. The summed E-state index contributed by atoms with van der Waals surface area (Å²) in [5.41, 5.74) is 6.42. The molecule has 1 aliphatic carbocycles. The van der Waals surface area contributed by atoms with E-state index in [4.69, 9.17) is 33.7 Å². The van der Waals surface area contributed by atoms with Crippen LogP contribution < -0.4 is 16.0 Å². The number of hydrogen-bond donors (Lipinski definition) is 2. The number of aryl methyl sites for hydroxylation is 1. The van der Waals surface area contributed by atoms with Gasteiger partial charge in [0.25, 0.3) is 5.91 Å². The van der Waals surface area contributed by atoms with Crippen molar-refractivity contribution in [3.8, 4) is 0 Å². The summed E-state index contributed by atoms with van der Waals surface area (Å²) in [4.78, 5) is 45.5. The maximum absolute atomic E-state index is 13.6. The number of anilines is 2. The van der Waals surface area contributed by atoms with Crippen molar-refractivity contribution in [2.24, 2.45) is 16.1 Å². The van der Waals surface area contributed by atoms with Crippen LogP contribution in [0.5, 0.6) is 0 Å². The number of carbonyl (C=O) groups is 3. The van der Waals surface area contributed by atoms with Crippen molar-refractivity contribution in [3.63, 3.8) is 0 Å². The zero-order valence-electron chi connectivity index (χ0n) is 23.6. The topological polar surface area (TPSA) is 148 Å². The molecule has 0 spiro atoms. The number of aliphatic imine (C=N–C) groups is 1. The minimum absolute atomic E-state index is 0.0114. The van der Waals surface area contributed by atoms with Crippen molar-refractivity contribution in [3.05, 3.63) is 51.5 Å². The number of carbonyl (C=O) groups excluding carboxylic acids is 3. The van der Waals surface area contributed by atoms with E-state index in [2.05, 4.69) is 10.3 Å². The van der Waals surface area contributed by atoms with E-state index in [-0.39, 0.29) is 33.6 Å². The molecule has 2 aromatic carbocycles. The molecule has 1 aliphatic rings. The molecule has 0 radical (unpaired) electrons. The second kappa shape index (κ2) is 12.9. The smallest absolute Gasteiger partial charge is 0.339 e. The van der Waals surface area contributed by atoms with Crippen molar-refractivity contribution in [2.45, 2.75) is 45.4 Å². The average molecular weight is 626 g/mol. The van der Waals surface area contributed by atoms with E-state index in [0.717, 1.165) is 6.26 Å². The lowest BCUT2D eigenvalue weighted by molar-refractivity contribution is -0.119. The number of nitrogens with two attached hydrogens (primary N) is 1. The number of esters is 1. The number of halogens is 2. The van der Waals surface area contributed by atoms with Crippen LogP contribution in [0.25, 0.3) is 0 Å². The lowest BCUT2D eigenvalue weighted by Gasteiger charge is -2.31. The van der Waals surface area contributed by atoms with Gasteiger partial charge in [-0.15, -0.1) is 0 Å². The fourth-order valence-electron chi connectivity index (χ4n) is 4.59. The summed E-state index contributed by atoms with van der Waals surface area (Å²) in [6, 6.07) is 7.61. The molecular weight excluding hydrogens is 591 g/mol. The lowest BCUT2D eigenvalue weighted by atomic mass is 9.93. The highest BCUT2D eigenvalue weighted by Gasteiger charge is 2.50. The van der Waals surface area contributed by atoms with Gasteiger partial charge in [0.15, 0.2) is 21.3 Å². The van der Waals surface area contributed by atoms with Gasteiger partial charge < -0.3 is 20.7 Å². The Hall–Kier alpha value is -2.99. The molecule has 1 saturated carbocycles. The molecule has 0 saturated heterocycles. The summed E-state index contributed by atoms with van der Waals surface area (Å²) in [5, 5.41) is 1.78. The third-order valence-corrected chi connectivity index (χ3v) is 9.34. The first-order valence-electron chi connectivity index (χ1n) is 13.0. The fraction of sp³-hybridized carbons (Fsp3) is 0.429. The molecule has 1 amide bonds. The van der Waals surface area contributed by atoms with Gasteiger partial charge in [-0.25, -0.2) is 18.2 Å². The van der Waals surface area contributed by atoms with Crippen LogP contribution in [0.2, 0.25) is 10.0 Å². The van der Waals surface area contributed by atoms with Gasteiger partial charge in [-0.05, 0) is 69.0 Å². The van der Waals surface area contributed by atoms with Crippen LogP contribution in [0, 0.1) is 12.3 Å². The van der Waals surface area contributed by atoms with Crippen molar-refractivity contribution in [1.82, 2.24) is 0 Å². The van der Waals surface area contributed by atoms with E-state index in [1.54, 1.807) is 30.0 Å². The standard InChI is InChI=1S/C28H34Cl2N4O6S/c1-6-28(10-11-28)25(35)24(26(36)33-22-13-18(27(37)40-4)19(29)14-20(22)30)32-21-9-8-17(12-16(21)3)34(7-2)23(15-31)41(5,38)39/h8-9,12-14,23H,6-7,10-11,15,31H2,1-5H3,(H,33,36). The summed E-state index contributed by atoms with van der Waals surface area (Å²) in [6.07, 6.45) is 2.95. The van der Waals surface area contributed by atoms with E-state index < -0.39 is 38.3 Å². The average Bonchev–Trinajstić information content (AvgIpc) is 3.72. The number of nitrogens with one attached hydrogen (secondary N) is 1. The number of rotatable bonds is 12. The third-order valence-electron chi connectivity index (χ3n) is 7.28. The highest BCUT2D eigenvalue weighted by atomic mass is 35.5. The summed E-state index contributed by atoms with van der Waals surface area (Å²) in [7, 11) is -2.28. The minimum Gasteiger partial charge on any atom is -0.465 e. The summed E-state index contributed by atoms with van der Waals surface area (Å²) in [6.45, 7) is 5.75. The first kappa shape index (κ1) is 32.5. The van der Waals surface area contributed by atoms with Crippen LogP contribution in [-0.2, 0) is 24.2 Å². The van der Waals surface area contributed by atoms with E-state index in [1.165, 1.54) is 19.2 Å². The van der Waals surface area contributed by atoms with Crippen LogP contribution in [0.3, 0.4) is 0 Å².